The Morgan fingerprint density at radius 3 is 2.69 bits per heavy atom. The number of benzene rings is 1. The standard InChI is InChI=1S/C25H36N4O3/c1-3-16(2)23(30)28-20-12-7-15-26-22-14-13-21(29(22)25(20)32)24(31)27-19-11-6-9-17-8-4-5-10-18(17)19/h4-5,8,10,16,19-22,26H,3,6-7,9,11-15H2,1-2H3,(H,27,31)(H,28,30)/t16-,19-,20?,21?,22?/m1/s1. The van der Waals surface area contributed by atoms with E-state index in [-0.39, 0.29) is 35.8 Å². The minimum Gasteiger partial charge on any atom is -0.347 e. The summed E-state index contributed by atoms with van der Waals surface area (Å²) in [5.41, 5.74) is 2.49. The van der Waals surface area contributed by atoms with Gasteiger partial charge in [0.25, 0.3) is 0 Å². The molecular weight excluding hydrogens is 404 g/mol. The molecule has 174 valence electrons. The Kier molecular flexibility index (Phi) is 7.13. The first-order valence-electron chi connectivity index (χ1n) is 12.2. The molecule has 2 aliphatic heterocycles. The number of rotatable bonds is 5. The van der Waals surface area contributed by atoms with E-state index in [9.17, 15) is 14.4 Å². The van der Waals surface area contributed by atoms with E-state index >= 15 is 0 Å². The Morgan fingerprint density at radius 1 is 1.09 bits per heavy atom. The molecule has 3 amide bonds. The fraction of sp³-hybridized carbons (Fsp3) is 0.640. The number of nitrogens with zero attached hydrogens (tertiary/aromatic N) is 1. The molecule has 0 aromatic heterocycles. The summed E-state index contributed by atoms with van der Waals surface area (Å²) in [7, 11) is 0. The number of fused-ring (bicyclic) bond motifs is 2. The van der Waals surface area contributed by atoms with Gasteiger partial charge in [-0.15, -0.1) is 0 Å². The largest absolute Gasteiger partial charge is 0.347 e. The molecule has 1 aromatic rings. The molecular formula is C25H36N4O3. The zero-order valence-corrected chi connectivity index (χ0v) is 19.2. The Bertz CT molecular complexity index is 857. The summed E-state index contributed by atoms with van der Waals surface area (Å²) in [4.78, 5) is 41.1. The third-order valence-electron chi connectivity index (χ3n) is 7.35. The highest BCUT2D eigenvalue weighted by atomic mass is 16.2. The molecule has 2 saturated heterocycles. The monoisotopic (exact) mass is 440 g/mol. The normalized spacial score (nSPS) is 28.7. The second-order valence-corrected chi connectivity index (χ2v) is 9.47. The fourth-order valence-corrected chi connectivity index (χ4v) is 5.26. The molecule has 0 radical (unpaired) electrons. The molecule has 3 unspecified atom stereocenters. The molecule has 1 aliphatic carbocycles. The average molecular weight is 441 g/mol. The topological polar surface area (TPSA) is 90.5 Å². The summed E-state index contributed by atoms with van der Waals surface area (Å²) in [6, 6.07) is 7.22. The van der Waals surface area contributed by atoms with E-state index in [2.05, 4.69) is 28.1 Å². The zero-order valence-electron chi connectivity index (χ0n) is 19.2. The van der Waals surface area contributed by atoms with E-state index in [1.165, 1.54) is 11.1 Å². The predicted molar refractivity (Wildman–Crippen MR) is 123 cm³/mol. The molecule has 0 bridgehead atoms. The van der Waals surface area contributed by atoms with Crippen molar-refractivity contribution in [2.45, 2.75) is 89.5 Å². The average Bonchev–Trinajstić information content (AvgIpc) is 3.22. The highest BCUT2D eigenvalue weighted by molar-refractivity contribution is 5.93. The van der Waals surface area contributed by atoms with Crippen molar-refractivity contribution < 1.29 is 14.4 Å². The van der Waals surface area contributed by atoms with Gasteiger partial charge in [-0.3, -0.25) is 19.7 Å². The first kappa shape index (κ1) is 22.8. The van der Waals surface area contributed by atoms with Crippen LogP contribution >= 0.6 is 0 Å². The van der Waals surface area contributed by atoms with Crippen LogP contribution in [0.5, 0.6) is 0 Å². The van der Waals surface area contributed by atoms with Gasteiger partial charge >= 0.3 is 0 Å². The van der Waals surface area contributed by atoms with Crippen LogP contribution in [-0.2, 0) is 20.8 Å². The van der Waals surface area contributed by atoms with Crippen molar-refractivity contribution in [2.75, 3.05) is 6.54 Å². The van der Waals surface area contributed by atoms with Crippen LogP contribution in [0.2, 0.25) is 0 Å². The minimum absolute atomic E-state index is 0.00906. The van der Waals surface area contributed by atoms with E-state index in [4.69, 9.17) is 0 Å². The number of carbonyl (C=O) groups excluding carboxylic acids is 3. The summed E-state index contributed by atoms with van der Waals surface area (Å²) in [5.74, 6) is -0.446. The van der Waals surface area contributed by atoms with Crippen LogP contribution in [0, 0.1) is 5.92 Å². The molecule has 32 heavy (non-hydrogen) atoms. The van der Waals surface area contributed by atoms with E-state index in [1.807, 2.05) is 26.0 Å². The van der Waals surface area contributed by atoms with E-state index in [0.29, 0.717) is 12.8 Å². The van der Waals surface area contributed by atoms with Crippen LogP contribution < -0.4 is 16.0 Å². The van der Waals surface area contributed by atoms with Gasteiger partial charge in [0.15, 0.2) is 0 Å². The number of amides is 3. The van der Waals surface area contributed by atoms with Crippen LogP contribution in [-0.4, -0.2) is 47.4 Å². The van der Waals surface area contributed by atoms with Crippen molar-refractivity contribution in [3.05, 3.63) is 35.4 Å². The highest BCUT2D eigenvalue weighted by Crippen LogP contribution is 2.31. The maximum Gasteiger partial charge on any atom is 0.247 e. The van der Waals surface area contributed by atoms with Crippen LogP contribution in [0.25, 0.3) is 0 Å². The third-order valence-corrected chi connectivity index (χ3v) is 7.35. The molecule has 2 heterocycles. The van der Waals surface area contributed by atoms with Crippen molar-refractivity contribution in [1.29, 1.82) is 0 Å². The molecule has 1 aromatic carbocycles. The minimum atomic E-state index is -0.565. The third kappa shape index (κ3) is 4.68. The number of nitrogens with one attached hydrogen (secondary N) is 3. The molecule has 4 rings (SSSR count). The molecule has 0 saturated carbocycles. The van der Waals surface area contributed by atoms with Gasteiger partial charge in [-0.1, -0.05) is 38.1 Å². The van der Waals surface area contributed by atoms with Gasteiger partial charge in [-0.25, -0.2) is 0 Å². The summed E-state index contributed by atoms with van der Waals surface area (Å²) < 4.78 is 0. The van der Waals surface area contributed by atoms with E-state index < -0.39 is 12.1 Å². The van der Waals surface area contributed by atoms with Gasteiger partial charge in [-0.05, 0) is 69.0 Å². The van der Waals surface area contributed by atoms with Gasteiger partial charge < -0.3 is 15.5 Å². The van der Waals surface area contributed by atoms with Crippen molar-refractivity contribution in [3.63, 3.8) is 0 Å². The summed E-state index contributed by atoms with van der Waals surface area (Å²) in [6.45, 7) is 4.62. The Morgan fingerprint density at radius 2 is 1.88 bits per heavy atom. The molecule has 0 spiro atoms. The smallest absolute Gasteiger partial charge is 0.247 e. The van der Waals surface area contributed by atoms with Gasteiger partial charge in [-0.2, -0.15) is 0 Å². The Hall–Kier alpha value is -2.41. The van der Waals surface area contributed by atoms with Crippen molar-refractivity contribution in [3.8, 4) is 0 Å². The quantitative estimate of drug-likeness (QED) is 0.656. The van der Waals surface area contributed by atoms with Gasteiger partial charge in [0.1, 0.15) is 12.1 Å². The second kappa shape index (κ2) is 10.0. The van der Waals surface area contributed by atoms with Crippen molar-refractivity contribution >= 4 is 17.7 Å². The SMILES string of the molecule is CC[C@@H](C)C(=O)NC1CCCNC2CCC(C(=O)N[C@@H]3CCCc4ccccc43)N2C1=O. The van der Waals surface area contributed by atoms with Crippen molar-refractivity contribution in [1.82, 2.24) is 20.9 Å². The molecule has 7 nitrogen and oxygen atoms in total. The lowest BCUT2D eigenvalue weighted by molar-refractivity contribution is -0.145. The van der Waals surface area contributed by atoms with Gasteiger partial charge in [0.05, 0.1) is 12.2 Å². The number of hydrogen-bond acceptors (Lipinski definition) is 4. The number of carbonyl (C=O) groups is 3. The molecule has 2 fully saturated rings. The van der Waals surface area contributed by atoms with E-state index in [0.717, 1.165) is 45.1 Å². The lowest BCUT2D eigenvalue weighted by Crippen LogP contribution is -2.60. The van der Waals surface area contributed by atoms with Gasteiger partial charge in [0, 0.05) is 5.92 Å². The number of aryl methyl sites for hydroxylation is 1. The van der Waals surface area contributed by atoms with Crippen LogP contribution in [0.1, 0.15) is 76.0 Å². The van der Waals surface area contributed by atoms with Gasteiger partial charge in [0.2, 0.25) is 17.7 Å². The Labute approximate surface area is 190 Å². The predicted octanol–water partition coefficient (Wildman–Crippen LogP) is 2.41. The van der Waals surface area contributed by atoms with E-state index in [1.54, 1.807) is 4.90 Å². The number of hydrogen-bond donors (Lipinski definition) is 3. The fourth-order valence-electron chi connectivity index (χ4n) is 5.26. The van der Waals surface area contributed by atoms with Crippen LogP contribution in [0.3, 0.4) is 0 Å². The van der Waals surface area contributed by atoms with Crippen LogP contribution in [0.4, 0.5) is 0 Å². The maximum atomic E-state index is 13.5. The molecule has 3 aliphatic rings. The highest BCUT2D eigenvalue weighted by Gasteiger charge is 2.44. The second-order valence-electron chi connectivity index (χ2n) is 9.47. The van der Waals surface area contributed by atoms with Crippen LogP contribution in [0.15, 0.2) is 24.3 Å². The first-order chi connectivity index (χ1) is 15.5. The molecule has 3 N–H and O–H groups in total. The maximum absolute atomic E-state index is 13.5. The molecule has 5 atom stereocenters. The lowest BCUT2D eigenvalue weighted by atomic mass is 9.87. The lowest BCUT2D eigenvalue weighted by Gasteiger charge is -2.36. The summed E-state index contributed by atoms with van der Waals surface area (Å²) in [5, 5.41) is 9.64. The molecule has 7 heteroatoms. The zero-order chi connectivity index (χ0) is 22.7. The Balaban J connectivity index is 1.49. The first-order valence-corrected chi connectivity index (χ1v) is 12.2. The summed E-state index contributed by atoms with van der Waals surface area (Å²) >= 11 is 0. The summed E-state index contributed by atoms with van der Waals surface area (Å²) in [6.07, 6.45) is 6.36. The van der Waals surface area contributed by atoms with Crippen molar-refractivity contribution in [2.24, 2.45) is 5.92 Å².